The number of hydrogen-bond donors (Lipinski definition) is 4. The Morgan fingerprint density at radius 1 is 1.36 bits per heavy atom. The zero-order valence-electron chi connectivity index (χ0n) is 12.2. The van der Waals surface area contributed by atoms with Crippen LogP contribution in [0.4, 0.5) is 0 Å². The molecule has 0 fully saturated rings. The van der Waals surface area contributed by atoms with E-state index in [2.05, 4.69) is 10.1 Å². The summed E-state index contributed by atoms with van der Waals surface area (Å²) in [6.45, 7) is 0.123. The highest BCUT2D eigenvalue weighted by Crippen LogP contribution is 2.19. The number of rotatable bonds is 7. The maximum absolute atomic E-state index is 11.7. The van der Waals surface area contributed by atoms with Crippen LogP contribution in [-0.2, 0) is 20.9 Å². The van der Waals surface area contributed by atoms with Crippen molar-refractivity contribution in [2.75, 3.05) is 7.11 Å². The SMILES string of the molecule is COC(=O)c1ccc(CNC(=O)[C@@H](N)CCC(N)=O)cc1O. The smallest absolute Gasteiger partial charge is 0.341 e. The van der Waals surface area contributed by atoms with E-state index in [9.17, 15) is 19.5 Å². The van der Waals surface area contributed by atoms with E-state index < -0.39 is 23.8 Å². The Bertz CT molecular complexity index is 574. The van der Waals surface area contributed by atoms with Gasteiger partial charge in [-0.2, -0.15) is 0 Å². The van der Waals surface area contributed by atoms with Gasteiger partial charge in [-0.05, 0) is 24.1 Å². The van der Waals surface area contributed by atoms with E-state index in [1.807, 2.05) is 0 Å². The van der Waals surface area contributed by atoms with Gasteiger partial charge < -0.3 is 26.6 Å². The molecular formula is C14H19N3O5. The maximum atomic E-state index is 11.7. The van der Waals surface area contributed by atoms with Crippen LogP contribution in [0.15, 0.2) is 18.2 Å². The molecule has 1 rings (SSSR count). The first kappa shape index (κ1) is 17.4. The van der Waals surface area contributed by atoms with Crippen molar-refractivity contribution >= 4 is 17.8 Å². The van der Waals surface area contributed by atoms with Gasteiger partial charge in [-0.1, -0.05) is 6.07 Å². The minimum absolute atomic E-state index is 0.0310. The summed E-state index contributed by atoms with van der Waals surface area (Å²) in [6, 6.07) is 3.48. The lowest BCUT2D eigenvalue weighted by atomic mass is 10.1. The third kappa shape index (κ3) is 5.06. The lowest BCUT2D eigenvalue weighted by Gasteiger charge is -2.12. The third-order valence-corrected chi connectivity index (χ3v) is 2.97. The Morgan fingerprint density at radius 3 is 2.59 bits per heavy atom. The van der Waals surface area contributed by atoms with Crippen molar-refractivity contribution in [2.45, 2.75) is 25.4 Å². The minimum atomic E-state index is -0.838. The summed E-state index contributed by atoms with van der Waals surface area (Å²) in [5, 5.41) is 12.3. The first-order valence-corrected chi connectivity index (χ1v) is 6.57. The Morgan fingerprint density at radius 2 is 2.05 bits per heavy atom. The van der Waals surface area contributed by atoms with E-state index in [0.29, 0.717) is 5.56 Å². The third-order valence-electron chi connectivity index (χ3n) is 2.97. The molecule has 2 amide bonds. The number of phenols is 1. The molecule has 8 heteroatoms. The molecule has 0 aromatic heterocycles. The Labute approximate surface area is 127 Å². The Hall–Kier alpha value is -2.61. The molecule has 0 aliphatic heterocycles. The summed E-state index contributed by atoms with van der Waals surface area (Å²) in [7, 11) is 1.21. The average Bonchev–Trinajstić information content (AvgIpc) is 2.49. The lowest BCUT2D eigenvalue weighted by Crippen LogP contribution is -2.40. The highest BCUT2D eigenvalue weighted by atomic mass is 16.5. The van der Waals surface area contributed by atoms with Crippen LogP contribution in [0, 0.1) is 0 Å². The van der Waals surface area contributed by atoms with Crippen LogP contribution in [0.5, 0.6) is 5.75 Å². The molecule has 8 nitrogen and oxygen atoms in total. The monoisotopic (exact) mass is 309 g/mol. The number of primary amides is 1. The normalized spacial score (nSPS) is 11.5. The van der Waals surface area contributed by atoms with Crippen LogP contribution < -0.4 is 16.8 Å². The minimum Gasteiger partial charge on any atom is -0.507 e. The van der Waals surface area contributed by atoms with Gasteiger partial charge in [0.15, 0.2) is 0 Å². The molecule has 0 spiro atoms. The van der Waals surface area contributed by atoms with E-state index in [4.69, 9.17) is 11.5 Å². The number of esters is 1. The van der Waals surface area contributed by atoms with Crippen molar-refractivity contribution in [3.8, 4) is 5.75 Å². The van der Waals surface area contributed by atoms with Crippen LogP contribution >= 0.6 is 0 Å². The number of nitrogens with two attached hydrogens (primary N) is 2. The summed E-state index contributed by atoms with van der Waals surface area (Å²) in [6.07, 6.45) is 0.191. The first-order valence-electron chi connectivity index (χ1n) is 6.57. The number of hydrogen-bond acceptors (Lipinski definition) is 6. The molecule has 120 valence electrons. The standard InChI is InChI=1S/C14H19N3O5/c1-22-14(21)9-3-2-8(6-11(9)18)7-17-13(20)10(15)4-5-12(16)19/h2-3,6,10,18H,4-5,7,15H2,1H3,(H2,16,19)(H,17,20)/t10-/m0/s1. The second-order valence-corrected chi connectivity index (χ2v) is 4.67. The van der Waals surface area contributed by atoms with Crippen LogP contribution in [0.2, 0.25) is 0 Å². The van der Waals surface area contributed by atoms with Gasteiger partial charge in [0, 0.05) is 13.0 Å². The largest absolute Gasteiger partial charge is 0.507 e. The molecule has 0 saturated carbocycles. The van der Waals surface area contributed by atoms with Crippen molar-refractivity contribution in [3.05, 3.63) is 29.3 Å². The highest BCUT2D eigenvalue weighted by molar-refractivity contribution is 5.92. The van der Waals surface area contributed by atoms with Gasteiger partial charge in [-0.3, -0.25) is 9.59 Å². The van der Waals surface area contributed by atoms with Crippen LogP contribution in [-0.4, -0.2) is 36.0 Å². The molecule has 1 atom stereocenters. The predicted octanol–water partition coefficient (Wildman–Crippen LogP) is -0.612. The number of carbonyl (C=O) groups is 3. The fraction of sp³-hybridized carbons (Fsp3) is 0.357. The molecule has 0 heterocycles. The molecule has 0 aliphatic carbocycles. The number of phenolic OH excluding ortho intramolecular Hbond substituents is 1. The van der Waals surface area contributed by atoms with E-state index >= 15 is 0 Å². The van der Waals surface area contributed by atoms with Crippen molar-refractivity contribution in [3.63, 3.8) is 0 Å². The molecular weight excluding hydrogens is 290 g/mol. The lowest BCUT2D eigenvalue weighted by molar-refractivity contribution is -0.123. The van der Waals surface area contributed by atoms with Crippen LogP contribution in [0.3, 0.4) is 0 Å². The zero-order chi connectivity index (χ0) is 16.7. The fourth-order valence-corrected chi connectivity index (χ4v) is 1.72. The zero-order valence-corrected chi connectivity index (χ0v) is 12.2. The molecule has 0 radical (unpaired) electrons. The molecule has 6 N–H and O–H groups in total. The van der Waals surface area contributed by atoms with Crippen molar-refractivity contribution in [1.29, 1.82) is 0 Å². The van der Waals surface area contributed by atoms with E-state index in [1.165, 1.54) is 19.2 Å². The number of methoxy groups -OCH3 is 1. The van der Waals surface area contributed by atoms with E-state index in [0.717, 1.165) is 0 Å². The van der Waals surface area contributed by atoms with Crippen molar-refractivity contribution in [2.24, 2.45) is 11.5 Å². The number of nitrogens with one attached hydrogen (secondary N) is 1. The number of ether oxygens (including phenoxy) is 1. The Balaban J connectivity index is 2.57. The molecule has 0 saturated heterocycles. The fourth-order valence-electron chi connectivity index (χ4n) is 1.72. The Kier molecular flexibility index (Phi) is 6.33. The quantitative estimate of drug-likeness (QED) is 0.494. The van der Waals surface area contributed by atoms with Crippen LogP contribution in [0.1, 0.15) is 28.8 Å². The van der Waals surface area contributed by atoms with Gasteiger partial charge in [0.2, 0.25) is 11.8 Å². The van der Waals surface area contributed by atoms with Crippen LogP contribution in [0.25, 0.3) is 0 Å². The summed E-state index contributed by atoms with van der Waals surface area (Å²) in [5.41, 5.74) is 11.2. The first-order chi connectivity index (χ1) is 10.3. The molecule has 0 bridgehead atoms. The van der Waals surface area contributed by atoms with E-state index in [1.54, 1.807) is 6.07 Å². The molecule has 1 aromatic carbocycles. The van der Waals surface area contributed by atoms with Gasteiger partial charge in [-0.25, -0.2) is 4.79 Å². The molecule has 22 heavy (non-hydrogen) atoms. The predicted molar refractivity (Wildman–Crippen MR) is 77.7 cm³/mol. The summed E-state index contributed by atoms with van der Waals surface area (Å²) in [4.78, 5) is 33.7. The topological polar surface area (TPSA) is 145 Å². The second-order valence-electron chi connectivity index (χ2n) is 4.67. The number of aromatic hydroxyl groups is 1. The van der Waals surface area contributed by atoms with Gasteiger partial charge in [0.1, 0.15) is 11.3 Å². The number of benzene rings is 1. The van der Waals surface area contributed by atoms with Gasteiger partial charge >= 0.3 is 5.97 Å². The van der Waals surface area contributed by atoms with Gasteiger partial charge in [-0.15, -0.1) is 0 Å². The number of amides is 2. The second kappa shape index (κ2) is 7.99. The van der Waals surface area contributed by atoms with Crippen molar-refractivity contribution in [1.82, 2.24) is 5.32 Å². The average molecular weight is 309 g/mol. The van der Waals surface area contributed by atoms with E-state index in [-0.39, 0.29) is 30.7 Å². The summed E-state index contributed by atoms with van der Waals surface area (Å²) < 4.78 is 4.51. The number of carbonyl (C=O) groups excluding carboxylic acids is 3. The summed E-state index contributed by atoms with van der Waals surface area (Å²) >= 11 is 0. The molecule has 1 aromatic rings. The van der Waals surface area contributed by atoms with Gasteiger partial charge in [0.25, 0.3) is 0 Å². The van der Waals surface area contributed by atoms with Crippen molar-refractivity contribution < 1.29 is 24.2 Å². The maximum Gasteiger partial charge on any atom is 0.341 e. The summed E-state index contributed by atoms with van der Waals surface area (Å²) in [5.74, 6) is -1.84. The highest BCUT2D eigenvalue weighted by Gasteiger charge is 2.15. The molecule has 0 aliphatic rings. The molecule has 0 unspecified atom stereocenters. The van der Waals surface area contributed by atoms with Gasteiger partial charge in [0.05, 0.1) is 13.2 Å².